The predicted octanol–water partition coefficient (Wildman–Crippen LogP) is 15.8. The summed E-state index contributed by atoms with van der Waals surface area (Å²) in [7, 11) is 0. The number of rotatable bonds is 6. The Labute approximate surface area is 352 Å². The van der Waals surface area contributed by atoms with Gasteiger partial charge in [-0.25, -0.2) is 4.98 Å². The van der Waals surface area contributed by atoms with Crippen LogP contribution in [0, 0.1) is 0 Å². The van der Waals surface area contributed by atoms with Gasteiger partial charge in [0.25, 0.3) is 0 Å². The number of hydrogen-bond acceptors (Lipinski definition) is 3. The highest BCUT2D eigenvalue weighted by Crippen LogP contribution is 2.42. The Morgan fingerprint density at radius 3 is 1.41 bits per heavy atom. The number of furan rings is 1. The molecule has 0 N–H and O–H groups in total. The summed E-state index contributed by atoms with van der Waals surface area (Å²) in [4.78, 5) is 10.4. The number of aromatic nitrogens is 2. The normalized spacial score (nSPS) is 11.6. The van der Waals surface area contributed by atoms with E-state index in [-0.39, 0.29) is 0 Å². The van der Waals surface area contributed by atoms with Crippen molar-refractivity contribution in [3.8, 4) is 66.9 Å². The van der Waals surface area contributed by atoms with Crippen molar-refractivity contribution in [3.05, 3.63) is 219 Å². The number of fused-ring (bicyclic) bond motifs is 9. The van der Waals surface area contributed by atoms with Crippen LogP contribution in [0.1, 0.15) is 0 Å². The van der Waals surface area contributed by atoms with Gasteiger partial charge in [0.05, 0.1) is 22.9 Å². The summed E-state index contributed by atoms with van der Waals surface area (Å²) in [6.07, 6.45) is 1.91. The molecule has 0 aliphatic carbocycles. The molecule has 61 heavy (non-hydrogen) atoms. The molecular formula is C58H36N2O. The van der Waals surface area contributed by atoms with Crippen LogP contribution in [0.2, 0.25) is 0 Å². The van der Waals surface area contributed by atoms with E-state index in [4.69, 9.17) is 14.4 Å². The standard InChI is InChI=1S/C58H36N2O/c1-3-12-37(13-4-1)39-22-26-41(27-23-39)43-30-31-55-52(33-43)53-35-46(42-28-24-40(25-29-42)38-14-5-2-6-15-38)34-51(58(53)61-55)44-16-11-17-45(32-44)54-36-59-56-49-20-9-7-18-47(49)48-19-8-10-21-50(48)57(56)60-54/h1-36H. The van der Waals surface area contributed by atoms with Gasteiger partial charge in [0.1, 0.15) is 11.2 Å². The second-order valence-electron chi connectivity index (χ2n) is 15.7. The van der Waals surface area contributed by atoms with Crippen LogP contribution >= 0.6 is 0 Å². The number of nitrogens with zero attached hydrogens (tertiary/aromatic N) is 2. The lowest BCUT2D eigenvalue weighted by Gasteiger charge is -2.12. The van der Waals surface area contributed by atoms with Gasteiger partial charge in [-0.15, -0.1) is 0 Å². The smallest absolute Gasteiger partial charge is 0.143 e. The Kier molecular flexibility index (Phi) is 8.17. The summed E-state index contributed by atoms with van der Waals surface area (Å²) in [6, 6.07) is 75.5. The van der Waals surface area contributed by atoms with Gasteiger partial charge in [0.15, 0.2) is 0 Å². The van der Waals surface area contributed by atoms with Gasteiger partial charge >= 0.3 is 0 Å². The molecule has 10 aromatic carbocycles. The van der Waals surface area contributed by atoms with Crippen molar-refractivity contribution in [1.29, 1.82) is 0 Å². The summed E-state index contributed by atoms with van der Waals surface area (Å²) in [5.41, 5.74) is 16.8. The summed E-state index contributed by atoms with van der Waals surface area (Å²) < 4.78 is 6.84. The summed E-state index contributed by atoms with van der Waals surface area (Å²) in [6.45, 7) is 0. The monoisotopic (exact) mass is 776 g/mol. The highest BCUT2D eigenvalue weighted by atomic mass is 16.3. The predicted molar refractivity (Wildman–Crippen MR) is 254 cm³/mol. The fourth-order valence-corrected chi connectivity index (χ4v) is 9.02. The zero-order valence-electron chi connectivity index (χ0n) is 33.1. The lowest BCUT2D eigenvalue weighted by atomic mass is 9.93. The first-order chi connectivity index (χ1) is 30.2. The SMILES string of the molecule is c1ccc(-c2ccc(-c3ccc4oc5c(-c6cccc(-c7cnc8c9ccccc9c9ccccc9c8n7)c6)cc(-c6ccc(-c7ccccc7)cc6)cc5c4c3)cc2)cc1. The molecule has 12 aromatic rings. The Bertz CT molecular complexity index is 3570. The van der Waals surface area contributed by atoms with E-state index in [9.17, 15) is 0 Å². The lowest BCUT2D eigenvalue weighted by molar-refractivity contribution is 0.670. The lowest BCUT2D eigenvalue weighted by Crippen LogP contribution is -1.92. The largest absolute Gasteiger partial charge is 0.455 e. The van der Waals surface area contributed by atoms with Crippen LogP contribution in [0.5, 0.6) is 0 Å². The molecule has 0 bridgehead atoms. The molecule has 3 heteroatoms. The van der Waals surface area contributed by atoms with E-state index in [1.807, 2.05) is 6.20 Å². The molecule has 12 rings (SSSR count). The molecule has 0 saturated heterocycles. The third-order valence-electron chi connectivity index (χ3n) is 12.1. The molecule has 0 radical (unpaired) electrons. The molecule has 0 saturated carbocycles. The minimum absolute atomic E-state index is 0.825. The highest BCUT2D eigenvalue weighted by Gasteiger charge is 2.18. The van der Waals surface area contributed by atoms with Crippen molar-refractivity contribution in [2.24, 2.45) is 0 Å². The van der Waals surface area contributed by atoms with Gasteiger partial charge in [-0.05, 0) is 91.2 Å². The molecular weight excluding hydrogens is 741 g/mol. The van der Waals surface area contributed by atoms with Crippen LogP contribution < -0.4 is 0 Å². The molecule has 0 aliphatic rings. The van der Waals surface area contributed by atoms with Crippen LogP contribution in [0.3, 0.4) is 0 Å². The molecule has 284 valence electrons. The van der Waals surface area contributed by atoms with Crippen LogP contribution in [-0.2, 0) is 0 Å². The molecule has 2 aromatic heterocycles. The second kappa shape index (κ2) is 14.3. The third kappa shape index (κ3) is 6.06. The molecule has 2 heterocycles. The highest BCUT2D eigenvalue weighted by molar-refractivity contribution is 6.23. The van der Waals surface area contributed by atoms with Gasteiger partial charge in [0.2, 0.25) is 0 Å². The number of hydrogen-bond donors (Lipinski definition) is 0. The second-order valence-corrected chi connectivity index (χ2v) is 15.7. The maximum Gasteiger partial charge on any atom is 0.143 e. The van der Waals surface area contributed by atoms with E-state index in [1.165, 1.54) is 33.0 Å². The zero-order valence-corrected chi connectivity index (χ0v) is 33.1. The fourth-order valence-electron chi connectivity index (χ4n) is 9.02. The van der Waals surface area contributed by atoms with Crippen molar-refractivity contribution in [2.45, 2.75) is 0 Å². The fraction of sp³-hybridized carbons (Fsp3) is 0. The van der Waals surface area contributed by atoms with Crippen molar-refractivity contribution in [3.63, 3.8) is 0 Å². The maximum atomic E-state index is 6.84. The maximum absolute atomic E-state index is 6.84. The van der Waals surface area contributed by atoms with Crippen LogP contribution in [0.25, 0.3) is 121 Å². The van der Waals surface area contributed by atoms with E-state index in [2.05, 4.69) is 212 Å². The first kappa shape index (κ1) is 34.9. The Morgan fingerprint density at radius 2 is 0.770 bits per heavy atom. The zero-order chi connectivity index (χ0) is 40.3. The quantitative estimate of drug-likeness (QED) is 0.158. The van der Waals surface area contributed by atoms with Crippen LogP contribution in [0.4, 0.5) is 0 Å². The first-order valence-corrected chi connectivity index (χ1v) is 20.7. The van der Waals surface area contributed by atoms with Crippen molar-refractivity contribution in [2.75, 3.05) is 0 Å². The van der Waals surface area contributed by atoms with Crippen molar-refractivity contribution in [1.82, 2.24) is 9.97 Å². The van der Waals surface area contributed by atoms with Gasteiger partial charge < -0.3 is 4.42 Å². The Morgan fingerprint density at radius 1 is 0.295 bits per heavy atom. The van der Waals surface area contributed by atoms with Gasteiger partial charge in [-0.2, -0.15) is 0 Å². The van der Waals surface area contributed by atoms with Gasteiger partial charge in [0, 0.05) is 32.7 Å². The average molecular weight is 777 g/mol. The molecule has 0 atom stereocenters. The van der Waals surface area contributed by atoms with Gasteiger partial charge in [-0.3, -0.25) is 4.98 Å². The van der Waals surface area contributed by atoms with Gasteiger partial charge in [-0.1, -0.05) is 182 Å². The van der Waals surface area contributed by atoms with Crippen molar-refractivity contribution >= 4 is 54.5 Å². The number of benzene rings is 10. The van der Waals surface area contributed by atoms with Crippen molar-refractivity contribution < 1.29 is 4.42 Å². The van der Waals surface area contributed by atoms with E-state index in [0.29, 0.717) is 0 Å². The van der Waals surface area contributed by atoms with E-state index in [0.717, 1.165) is 88.4 Å². The third-order valence-corrected chi connectivity index (χ3v) is 12.1. The summed E-state index contributed by atoms with van der Waals surface area (Å²) >= 11 is 0. The Hall–Kier alpha value is -8.14. The molecule has 0 amide bonds. The minimum Gasteiger partial charge on any atom is -0.455 e. The molecule has 3 nitrogen and oxygen atoms in total. The summed E-state index contributed by atoms with van der Waals surface area (Å²) in [5, 5.41) is 6.73. The Balaban J connectivity index is 1.01. The van der Waals surface area contributed by atoms with E-state index >= 15 is 0 Å². The average Bonchev–Trinajstić information content (AvgIpc) is 3.72. The van der Waals surface area contributed by atoms with E-state index < -0.39 is 0 Å². The minimum atomic E-state index is 0.825. The van der Waals surface area contributed by atoms with Crippen LogP contribution in [-0.4, -0.2) is 9.97 Å². The molecule has 0 fully saturated rings. The molecule has 0 unspecified atom stereocenters. The topological polar surface area (TPSA) is 38.9 Å². The van der Waals surface area contributed by atoms with Crippen LogP contribution in [0.15, 0.2) is 223 Å². The van der Waals surface area contributed by atoms with E-state index in [1.54, 1.807) is 0 Å². The molecule has 0 spiro atoms. The first-order valence-electron chi connectivity index (χ1n) is 20.7. The molecule has 0 aliphatic heterocycles. The summed E-state index contributed by atoms with van der Waals surface area (Å²) in [5.74, 6) is 0.